The lowest BCUT2D eigenvalue weighted by Gasteiger charge is -2.15. The highest BCUT2D eigenvalue weighted by Crippen LogP contribution is 2.33. The molecule has 0 aliphatic carbocycles. The number of fused-ring (bicyclic) bond motifs is 1. The monoisotopic (exact) mass is 356 g/mol. The predicted octanol–water partition coefficient (Wildman–Crippen LogP) is 5.40. The van der Waals surface area contributed by atoms with Crippen molar-refractivity contribution in [2.24, 2.45) is 10.2 Å². The molecule has 2 heterocycles. The second-order valence-corrected chi connectivity index (χ2v) is 7.04. The number of aromatic carboxylic acids is 1. The van der Waals surface area contributed by atoms with Gasteiger partial charge in [-0.15, -0.1) is 10.2 Å². The van der Waals surface area contributed by atoms with Crippen LogP contribution < -0.4 is 0 Å². The number of aromatic nitrogens is 2. The second-order valence-electron chi connectivity index (χ2n) is 6.63. The van der Waals surface area contributed by atoms with Crippen LogP contribution >= 0.6 is 11.6 Å². The fourth-order valence-electron chi connectivity index (χ4n) is 2.43. The molecule has 0 bridgehead atoms. The van der Waals surface area contributed by atoms with Gasteiger partial charge in [-0.2, -0.15) is 0 Å². The minimum atomic E-state index is -1.10. The van der Waals surface area contributed by atoms with E-state index in [2.05, 4.69) is 36.0 Å². The number of carbonyl (C=O) groups is 1. The van der Waals surface area contributed by atoms with Crippen LogP contribution in [0, 0.1) is 0 Å². The summed E-state index contributed by atoms with van der Waals surface area (Å²) >= 11 is 5.89. The Bertz CT molecular complexity index is 986. The fraction of sp³-hybridized carbons (Fsp3) is 0.222. The number of pyridine rings is 1. The van der Waals surface area contributed by atoms with Gasteiger partial charge in [0.2, 0.25) is 0 Å². The normalized spacial score (nSPS) is 12.2. The predicted molar refractivity (Wildman–Crippen MR) is 96.5 cm³/mol. The number of azo groups is 1. The zero-order chi connectivity index (χ0) is 18.2. The first-order chi connectivity index (χ1) is 11.8. The van der Waals surface area contributed by atoms with Crippen molar-refractivity contribution in [1.29, 1.82) is 0 Å². The lowest BCUT2D eigenvalue weighted by Crippen LogP contribution is -2.11. The Balaban J connectivity index is 2.10. The van der Waals surface area contributed by atoms with Crippen LogP contribution in [0.4, 0.5) is 11.5 Å². The Hall–Kier alpha value is -2.73. The van der Waals surface area contributed by atoms with Gasteiger partial charge in [0, 0.05) is 11.6 Å². The summed E-state index contributed by atoms with van der Waals surface area (Å²) in [5, 5.41) is 17.9. The third-order valence-electron chi connectivity index (χ3n) is 3.66. The van der Waals surface area contributed by atoms with E-state index < -0.39 is 5.97 Å². The van der Waals surface area contributed by atoms with Gasteiger partial charge in [0.15, 0.2) is 5.82 Å². The van der Waals surface area contributed by atoms with Crippen molar-refractivity contribution in [2.75, 3.05) is 0 Å². The molecule has 3 rings (SSSR count). The topological polar surface area (TPSA) is 79.3 Å². The van der Waals surface area contributed by atoms with Gasteiger partial charge >= 0.3 is 5.97 Å². The van der Waals surface area contributed by atoms with E-state index in [0.29, 0.717) is 11.5 Å². The van der Waals surface area contributed by atoms with Gasteiger partial charge < -0.3 is 5.11 Å². The summed E-state index contributed by atoms with van der Waals surface area (Å²) in [5.74, 6) is -0.484. The first-order valence-electron chi connectivity index (χ1n) is 7.69. The van der Waals surface area contributed by atoms with E-state index in [-0.39, 0.29) is 16.0 Å². The minimum Gasteiger partial charge on any atom is -0.478 e. The highest BCUT2D eigenvalue weighted by atomic mass is 35.5. The Morgan fingerprint density at radius 3 is 2.64 bits per heavy atom. The number of carboxylic acids is 1. The molecule has 3 aromatic rings. The van der Waals surface area contributed by atoms with Crippen molar-refractivity contribution in [2.45, 2.75) is 26.2 Å². The number of benzene rings is 1. The lowest BCUT2D eigenvalue weighted by molar-refractivity contribution is 0.0697. The summed E-state index contributed by atoms with van der Waals surface area (Å²) in [6.45, 7) is 6.16. The molecule has 0 saturated heterocycles. The molecule has 6 nitrogen and oxygen atoms in total. The molecule has 1 N–H and O–H groups in total. The van der Waals surface area contributed by atoms with Crippen LogP contribution in [-0.4, -0.2) is 20.5 Å². The molecular weight excluding hydrogens is 340 g/mol. The van der Waals surface area contributed by atoms with E-state index >= 15 is 0 Å². The van der Waals surface area contributed by atoms with Gasteiger partial charge in [-0.3, -0.25) is 4.40 Å². The first kappa shape index (κ1) is 17.1. The molecular formula is C18H17ClN4O2. The van der Waals surface area contributed by atoms with Gasteiger partial charge in [0.1, 0.15) is 5.65 Å². The molecule has 128 valence electrons. The zero-order valence-electron chi connectivity index (χ0n) is 14.1. The maximum absolute atomic E-state index is 11.2. The van der Waals surface area contributed by atoms with Crippen LogP contribution in [0.5, 0.6) is 0 Å². The van der Waals surface area contributed by atoms with Crippen LogP contribution in [0.15, 0.2) is 52.8 Å². The van der Waals surface area contributed by atoms with E-state index in [1.165, 1.54) is 12.1 Å². The van der Waals surface area contributed by atoms with E-state index in [4.69, 9.17) is 16.7 Å². The van der Waals surface area contributed by atoms with Crippen LogP contribution in [-0.2, 0) is 5.41 Å². The maximum atomic E-state index is 11.2. The Kier molecular flexibility index (Phi) is 4.30. The molecule has 0 spiro atoms. The van der Waals surface area contributed by atoms with E-state index in [1.807, 2.05) is 28.8 Å². The second kappa shape index (κ2) is 6.29. The van der Waals surface area contributed by atoms with E-state index in [0.717, 1.165) is 11.3 Å². The van der Waals surface area contributed by atoms with E-state index in [9.17, 15) is 4.79 Å². The number of halogens is 1. The number of carboxylic acid groups (broad SMARTS) is 1. The molecule has 0 fully saturated rings. The number of nitrogens with zero attached hydrogens (tertiary/aromatic N) is 4. The minimum absolute atomic E-state index is 0.00713. The smallest absolute Gasteiger partial charge is 0.337 e. The van der Waals surface area contributed by atoms with Gasteiger partial charge in [-0.25, -0.2) is 9.78 Å². The molecule has 0 radical (unpaired) electrons. The Labute approximate surface area is 149 Å². The fourth-order valence-corrected chi connectivity index (χ4v) is 2.62. The maximum Gasteiger partial charge on any atom is 0.337 e. The summed E-state index contributed by atoms with van der Waals surface area (Å²) in [7, 11) is 0. The quantitative estimate of drug-likeness (QED) is 0.638. The molecule has 0 saturated carbocycles. The third-order valence-corrected chi connectivity index (χ3v) is 3.99. The van der Waals surface area contributed by atoms with Crippen molar-refractivity contribution >= 4 is 34.7 Å². The molecule has 25 heavy (non-hydrogen) atoms. The molecule has 2 aromatic heterocycles. The standard InChI is InChI=1S/C18H17ClN4O2/c1-18(2,3)15-16(23-9-5-4-6-14(23)20-15)22-21-11-7-8-13(19)12(10-11)17(24)25/h4-10H,1-3H3,(H,24,25). The average Bonchev–Trinajstić information content (AvgIpc) is 2.93. The molecule has 0 atom stereocenters. The van der Waals surface area contributed by atoms with Crippen LogP contribution in [0.2, 0.25) is 5.02 Å². The SMILES string of the molecule is CC(C)(C)c1nc2ccccn2c1N=Nc1ccc(Cl)c(C(=O)O)c1. The van der Waals surface area contributed by atoms with Gasteiger partial charge in [-0.1, -0.05) is 38.4 Å². The van der Waals surface area contributed by atoms with E-state index in [1.54, 1.807) is 6.07 Å². The molecule has 0 aliphatic rings. The van der Waals surface area contributed by atoms with Crippen molar-refractivity contribution in [3.05, 3.63) is 58.9 Å². The molecule has 7 heteroatoms. The highest BCUT2D eigenvalue weighted by Gasteiger charge is 2.24. The van der Waals surface area contributed by atoms with Gasteiger partial charge in [-0.05, 0) is 30.3 Å². The average molecular weight is 357 g/mol. The first-order valence-corrected chi connectivity index (χ1v) is 8.07. The van der Waals surface area contributed by atoms with Crippen molar-refractivity contribution in [3.8, 4) is 0 Å². The summed E-state index contributed by atoms with van der Waals surface area (Å²) in [6.07, 6.45) is 1.87. The zero-order valence-corrected chi connectivity index (χ0v) is 14.8. The van der Waals surface area contributed by atoms with Crippen LogP contribution in [0.3, 0.4) is 0 Å². The third kappa shape index (κ3) is 3.39. The summed E-state index contributed by atoms with van der Waals surface area (Å²) in [5.41, 5.74) is 1.78. The lowest BCUT2D eigenvalue weighted by atomic mass is 9.92. The van der Waals surface area contributed by atoms with Crippen molar-refractivity contribution in [3.63, 3.8) is 0 Å². The number of rotatable bonds is 3. The number of hydrogen-bond donors (Lipinski definition) is 1. The van der Waals surface area contributed by atoms with Gasteiger partial charge in [0.05, 0.1) is 22.0 Å². The summed E-state index contributed by atoms with van der Waals surface area (Å²) in [4.78, 5) is 15.8. The number of hydrogen-bond acceptors (Lipinski definition) is 4. The Morgan fingerprint density at radius 1 is 1.20 bits per heavy atom. The largest absolute Gasteiger partial charge is 0.478 e. The van der Waals surface area contributed by atoms with Crippen molar-refractivity contribution < 1.29 is 9.90 Å². The highest BCUT2D eigenvalue weighted by molar-refractivity contribution is 6.33. The molecule has 0 unspecified atom stereocenters. The molecule has 0 amide bonds. The molecule has 1 aromatic carbocycles. The van der Waals surface area contributed by atoms with Gasteiger partial charge in [0.25, 0.3) is 0 Å². The Morgan fingerprint density at radius 2 is 1.96 bits per heavy atom. The molecule has 0 aliphatic heterocycles. The van der Waals surface area contributed by atoms with Crippen LogP contribution in [0.1, 0.15) is 36.8 Å². The van der Waals surface area contributed by atoms with Crippen molar-refractivity contribution in [1.82, 2.24) is 9.38 Å². The summed E-state index contributed by atoms with van der Waals surface area (Å²) in [6, 6.07) is 10.2. The van der Waals surface area contributed by atoms with Crippen LogP contribution in [0.25, 0.3) is 5.65 Å². The summed E-state index contributed by atoms with van der Waals surface area (Å²) < 4.78 is 1.86. The number of imidazole rings is 1.